The zero-order valence-electron chi connectivity index (χ0n) is 11.8. The molecule has 0 spiro atoms. The smallest absolute Gasteiger partial charge is 0.270 e. The van der Waals surface area contributed by atoms with Crippen molar-refractivity contribution in [1.29, 1.82) is 0 Å². The lowest BCUT2D eigenvalue weighted by Gasteiger charge is -2.22. The van der Waals surface area contributed by atoms with Crippen LogP contribution < -0.4 is 5.73 Å². The average Bonchev–Trinajstić information content (AvgIpc) is 2.95. The molecule has 1 aliphatic rings. The van der Waals surface area contributed by atoms with Gasteiger partial charge in [-0.2, -0.15) is 4.99 Å². The van der Waals surface area contributed by atoms with Crippen LogP contribution in [0.3, 0.4) is 0 Å². The van der Waals surface area contributed by atoms with Crippen molar-refractivity contribution in [2.45, 2.75) is 25.8 Å². The molecule has 1 saturated heterocycles. The number of aliphatic imine (C=N–C) groups is 1. The Labute approximate surface area is 122 Å². The first-order valence-electron chi connectivity index (χ1n) is 6.73. The van der Waals surface area contributed by atoms with Gasteiger partial charge in [0.15, 0.2) is 0 Å². The van der Waals surface area contributed by atoms with Gasteiger partial charge in [-0.05, 0) is 31.9 Å². The molecule has 6 nitrogen and oxygen atoms in total. The Kier molecular flexibility index (Phi) is 4.47. The van der Waals surface area contributed by atoms with Gasteiger partial charge in [-0.1, -0.05) is 12.1 Å². The molecule has 2 N–H and O–H groups in total. The van der Waals surface area contributed by atoms with E-state index in [0.717, 1.165) is 6.42 Å². The summed E-state index contributed by atoms with van der Waals surface area (Å²) in [7, 11) is 0. The van der Waals surface area contributed by atoms with E-state index >= 15 is 0 Å². The number of amides is 2. The number of nitrogens with zero attached hydrogens (tertiary/aromatic N) is 2. The van der Waals surface area contributed by atoms with E-state index in [1.807, 2.05) is 0 Å². The fraction of sp³-hybridized carbons (Fsp3) is 0.333. The number of hydrogen-bond acceptors (Lipinski definition) is 3. The van der Waals surface area contributed by atoms with Crippen LogP contribution >= 0.6 is 0 Å². The minimum atomic E-state index is -0.573. The number of nitrogens with two attached hydrogens (primary N) is 1. The summed E-state index contributed by atoms with van der Waals surface area (Å²) < 4.78 is 0. The summed E-state index contributed by atoms with van der Waals surface area (Å²) in [5.74, 6) is -0.478. The second kappa shape index (κ2) is 6.30. The average molecular weight is 287 g/mol. The minimum absolute atomic E-state index is 0.183. The van der Waals surface area contributed by atoms with Crippen LogP contribution in [0.15, 0.2) is 29.3 Å². The van der Waals surface area contributed by atoms with Crippen molar-refractivity contribution in [1.82, 2.24) is 4.90 Å². The van der Waals surface area contributed by atoms with Gasteiger partial charge >= 0.3 is 0 Å². The van der Waals surface area contributed by atoms with Crippen molar-refractivity contribution in [2.75, 3.05) is 6.54 Å². The lowest BCUT2D eigenvalue weighted by atomic mass is 10.1. The second-order valence-corrected chi connectivity index (χ2v) is 4.99. The predicted octanol–water partition coefficient (Wildman–Crippen LogP) is 1.01. The maximum absolute atomic E-state index is 12.5. The Hall–Kier alpha value is -2.50. The monoisotopic (exact) mass is 287 g/mol. The van der Waals surface area contributed by atoms with Crippen LogP contribution in [0.1, 0.15) is 40.5 Å². The van der Waals surface area contributed by atoms with Crippen LogP contribution in [-0.2, 0) is 4.79 Å². The molecule has 2 rings (SSSR count). The van der Waals surface area contributed by atoms with Gasteiger partial charge in [-0.3, -0.25) is 14.4 Å². The fourth-order valence-electron chi connectivity index (χ4n) is 2.43. The van der Waals surface area contributed by atoms with E-state index in [0.29, 0.717) is 30.4 Å². The first-order valence-corrected chi connectivity index (χ1v) is 6.73. The van der Waals surface area contributed by atoms with Gasteiger partial charge in [-0.25, -0.2) is 0 Å². The molecule has 1 aromatic rings. The third-order valence-electron chi connectivity index (χ3n) is 3.35. The topological polar surface area (TPSA) is 92.8 Å². The number of carbonyl (C=O) groups is 3. The molecule has 0 aromatic heterocycles. The van der Waals surface area contributed by atoms with E-state index in [4.69, 9.17) is 5.73 Å². The van der Waals surface area contributed by atoms with E-state index < -0.39 is 11.9 Å². The van der Waals surface area contributed by atoms with Gasteiger partial charge in [0.05, 0.1) is 5.84 Å². The van der Waals surface area contributed by atoms with Gasteiger partial charge in [-0.15, -0.1) is 0 Å². The summed E-state index contributed by atoms with van der Waals surface area (Å²) >= 11 is 0. The van der Waals surface area contributed by atoms with E-state index in [9.17, 15) is 14.4 Å². The van der Waals surface area contributed by atoms with Crippen LogP contribution in [0.5, 0.6) is 0 Å². The predicted molar refractivity (Wildman–Crippen MR) is 78.2 cm³/mol. The third-order valence-corrected chi connectivity index (χ3v) is 3.35. The van der Waals surface area contributed by atoms with Crippen molar-refractivity contribution in [3.63, 3.8) is 0 Å². The molecule has 2 amide bonds. The lowest BCUT2D eigenvalue weighted by molar-refractivity contribution is -0.121. The van der Waals surface area contributed by atoms with Crippen molar-refractivity contribution < 1.29 is 14.4 Å². The van der Waals surface area contributed by atoms with Crippen LogP contribution in [0.25, 0.3) is 0 Å². The molecule has 1 aromatic carbocycles. The molecule has 0 bridgehead atoms. The van der Waals surface area contributed by atoms with Crippen LogP contribution in [0.2, 0.25) is 0 Å². The highest BCUT2D eigenvalue weighted by Crippen LogP contribution is 2.21. The Morgan fingerprint density at radius 1 is 1.43 bits per heavy atom. The van der Waals surface area contributed by atoms with E-state index in [-0.39, 0.29) is 11.7 Å². The van der Waals surface area contributed by atoms with Crippen molar-refractivity contribution >= 4 is 23.9 Å². The van der Waals surface area contributed by atoms with Gasteiger partial charge in [0.2, 0.25) is 0 Å². The summed E-state index contributed by atoms with van der Waals surface area (Å²) in [6.07, 6.45) is 2.01. The maximum Gasteiger partial charge on any atom is 0.270 e. The standard InChI is InChI=1S/C15H17N3O3/c1-10(16)17-14(20)13-6-3-7-18(13)15(21)12-5-2-4-11(8-12)9-19/h2,4-5,8-9,13H,3,6-7H2,1H3,(H2,16,17,20). The van der Waals surface area contributed by atoms with Gasteiger partial charge in [0, 0.05) is 17.7 Å². The molecule has 6 heteroatoms. The third kappa shape index (κ3) is 3.34. The number of rotatable bonds is 3. The zero-order valence-corrected chi connectivity index (χ0v) is 11.8. The first kappa shape index (κ1) is 14.9. The molecular weight excluding hydrogens is 270 g/mol. The van der Waals surface area contributed by atoms with Crippen LogP contribution in [0, 0.1) is 0 Å². The molecule has 0 radical (unpaired) electrons. The van der Waals surface area contributed by atoms with Crippen molar-refractivity contribution in [3.8, 4) is 0 Å². The van der Waals surface area contributed by atoms with E-state index in [1.165, 1.54) is 17.9 Å². The largest absolute Gasteiger partial charge is 0.387 e. The molecule has 1 unspecified atom stereocenters. The number of amidine groups is 1. The summed E-state index contributed by atoms with van der Waals surface area (Å²) in [6, 6.07) is 5.85. The maximum atomic E-state index is 12.5. The molecule has 0 saturated carbocycles. The molecule has 1 heterocycles. The molecule has 0 aliphatic carbocycles. The summed E-state index contributed by atoms with van der Waals surface area (Å²) in [4.78, 5) is 40.5. The molecular formula is C15H17N3O3. The SMILES string of the molecule is CC(N)=NC(=O)C1CCCN1C(=O)c1cccc(C=O)c1. The molecule has 21 heavy (non-hydrogen) atoms. The highest BCUT2D eigenvalue weighted by molar-refractivity contribution is 6.01. The van der Waals surface area contributed by atoms with E-state index in [1.54, 1.807) is 18.2 Å². The number of benzene rings is 1. The Morgan fingerprint density at radius 3 is 2.86 bits per heavy atom. The van der Waals surface area contributed by atoms with Gasteiger partial charge < -0.3 is 10.6 Å². The summed E-state index contributed by atoms with van der Waals surface area (Å²) in [5.41, 5.74) is 6.24. The van der Waals surface area contributed by atoms with E-state index in [2.05, 4.69) is 4.99 Å². The Morgan fingerprint density at radius 2 is 2.19 bits per heavy atom. The number of carbonyl (C=O) groups excluding carboxylic acids is 3. The molecule has 110 valence electrons. The zero-order chi connectivity index (χ0) is 15.4. The quantitative estimate of drug-likeness (QED) is 0.510. The molecule has 1 atom stereocenters. The first-order chi connectivity index (χ1) is 10.0. The summed E-state index contributed by atoms with van der Waals surface area (Å²) in [6.45, 7) is 2.03. The Balaban J connectivity index is 2.23. The van der Waals surface area contributed by atoms with Crippen molar-refractivity contribution in [2.24, 2.45) is 10.7 Å². The second-order valence-electron chi connectivity index (χ2n) is 4.99. The number of likely N-dealkylation sites (tertiary alicyclic amines) is 1. The highest BCUT2D eigenvalue weighted by Gasteiger charge is 2.34. The normalized spacial score (nSPS) is 18.6. The fourth-order valence-corrected chi connectivity index (χ4v) is 2.43. The Bertz CT molecular complexity index is 606. The van der Waals surface area contributed by atoms with Gasteiger partial charge in [0.1, 0.15) is 12.3 Å². The molecule has 1 aliphatic heterocycles. The van der Waals surface area contributed by atoms with Crippen LogP contribution in [0.4, 0.5) is 0 Å². The number of hydrogen-bond donors (Lipinski definition) is 1. The minimum Gasteiger partial charge on any atom is -0.387 e. The van der Waals surface area contributed by atoms with Crippen molar-refractivity contribution in [3.05, 3.63) is 35.4 Å². The lowest BCUT2D eigenvalue weighted by Crippen LogP contribution is -2.40. The van der Waals surface area contributed by atoms with Gasteiger partial charge in [0.25, 0.3) is 11.8 Å². The summed E-state index contributed by atoms with van der Waals surface area (Å²) in [5, 5.41) is 0. The molecule has 1 fully saturated rings. The number of aldehydes is 1. The van der Waals surface area contributed by atoms with Crippen LogP contribution in [-0.4, -0.2) is 41.4 Å². The highest BCUT2D eigenvalue weighted by atomic mass is 16.2.